The molecule has 3 N–H and O–H groups in total. The molecule has 0 saturated heterocycles. The molecule has 0 radical (unpaired) electrons. The van der Waals surface area contributed by atoms with Crippen molar-refractivity contribution in [1.82, 2.24) is 20.1 Å². The molecule has 1 unspecified atom stereocenters. The van der Waals surface area contributed by atoms with Gasteiger partial charge in [0, 0.05) is 37.6 Å². The maximum Gasteiger partial charge on any atom is 0.326 e. The zero-order valence-electron chi connectivity index (χ0n) is 19.4. The first-order valence-corrected chi connectivity index (χ1v) is 12.2. The van der Waals surface area contributed by atoms with E-state index in [0.29, 0.717) is 0 Å². The largest absolute Gasteiger partial charge is 0.480 e. The Morgan fingerprint density at radius 2 is 1.86 bits per heavy atom. The highest BCUT2D eigenvalue weighted by molar-refractivity contribution is 7.92. The lowest BCUT2D eigenvalue weighted by molar-refractivity contribution is -0.139. The van der Waals surface area contributed by atoms with Gasteiger partial charge >= 0.3 is 5.97 Å². The number of nitrogens with zero attached hydrogens (tertiary/aromatic N) is 3. The van der Waals surface area contributed by atoms with E-state index >= 15 is 0 Å². The quantitative estimate of drug-likeness (QED) is 0.343. The molecule has 10 nitrogen and oxygen atoms in total. The number of aromatic nitrogens is 3. The van der Waals surface area contributed by atoms with Gasteiger partial charge in [-0.25, -0.2) is 13.2 Å². The van der Waals surface area contributed by atoms with Crippen LogP contribution in [0.1, 0.15) is 21.5 Å². The Morgan fingerprint density at radius 3 is 2.54 bits per heavy atom. The van der Waals surface area contributed by atoms with Crippen LogP contribution in [0.3, 0.4) is 0 Å². The number of hydrogen-bond donors (Lipinski definition) is 3. The van der Waals surface area contributed by atoms with Crippen LogP contribution in [0.2, 0.25) is 0 Å². The molecule has 0 spiro atoms. The molecule has 4 rings (SSSR count). The third-order valence-electron chi connectivity index (χ3n) is 5.83. The maximum absolute atomic E-state index is 13.2. The molecule has 35 heavy (non-hydrogen) atoms. The Kier molecular flexibility index (Phi) is 6.35. The fourth-order valence-corrected chi connectivity index (χ4v) is 5.14. The summed E-state index contributed by atoms with van der Waals surface area (Å²) in [7, 11) is -1.16. The molecule has 0 aliphatic heterocycles. The topological polar surface area (TPSA) is 137 Å². The molecule has 2 aromatic heterocycles. The third kappa shape index (κ3) is 4.62. The van der Waals surface area contributed by atoms with E-state index < -0.39 is 27.9 Å². The van der Waals surface area contributed by atoms with E-state index in [1.807, 2.05) is 31.2 Å². The van der Waals surface area contributed by atoms with Crippen molar-refractivity contribution in [2.45, 2.75) is 24.3 Å². The van der Waals surface area contributed by atoms with Gasteiger partial charge < -0.3 is 15.4 Å². The van der Waals surface area contributed by atoms with Gasteiger partial charge in [-0.15, -0.1) is 0 Å². The lowest BCUT2D eigenvalue weighted by atomic mass is 10.0. The summed E-state index contributed by atoms with van der Waals surface area (Å²) in [6.45, 7) is 1.85. The molecule has 4 aromatic rings. The summed E-state index contributed by atoms with van der Waals surface area (Å²) in [5.41, 5.74) is 2.44. The average Bonchev–Trinajstić information content (AvgIpc) is 3.41. The Hall–Kier alpha value is -4.12. The van der Waals surface area contributed by atoms with Crippen molar-refractivity contribution in [2.24, 2.45) is 7.05 Å². The minimum Gasteiger partial charge on any atom is -0.480 e. The maximum atomic E-state index is 13.2. The summed E-state index contributed by atoms with van der Waals surface area (Å²) in [6.07, 6.45) is 2.97. The molecule has 1 amide bonds. The second-order valence-electron chi connectivity index (χ2n) is 8.22. The first-order chi connectivity index (χ1) is 16.6. The minimum atomic E-state index is -4.00. The number of H-pyrrole nitrogens is 1. The number of aliphatic carboxylic acids is 1. The van der Waals surface area contributed by atoms with Crippen molar-refractivity contribution in [3.05, 3.63) is 77.6 Å². The molecule has 1 atom stereocenters. The number of rotatable bonds is 8. The number of para-hydroxylation sites is 1. The van der Waals surface area contributed by atoms with Gasteiger partial charge in [-0.05, 0) is 30.7 Å². The van der Waals surface area contributed by atoms with E-state index in [9.17, 15) is 23.1 Å². The fraction of sp³-hybridized carbons (Fsp3) is 0.208. The van der Waals surface area contributed by atoms with Crippen LogP contribution < -0.4 is 9.62 Å². The van der Waals surface area contributed by atoms with Crippen molar-refractivity contribution < 1.29 is 23.1 Å². The number of carbonyl (C=O) groups is 2. The lowest BCUT2D eigenvalue weighted by Gasteiger charge is -2.21. The summed E-state index contributed by atoms with van der Waals surface area (Å²) < 4.78 is 28.6. The van der Waals surface area contributed by atoms with Gasteiger partial charge in [0.25, 0.3) is 15.9 Å². The molecule has 11 heteroatoms. The number of nitrogens with one attached hydrogen (secondary N) is 2. The van der Waals surface area contributed by atoms with Gasteiger partial charge in [0.1, 0.15) is 11.6 Å². The van der Waals surface area contributed by atoms with Crippen LogP contribution in [0, 0.1) is 6.92 Å². The molecule has 0 aliphatic carbocycles. The van der Waals surface area contributed by atoms with Gasteiger partial charge in [-0.3, -0.25) is 13.8 Å². The van der Waals surface area contributed by atoms with E-state index in [1.165, 1.54) is 37.1 Å². The second kappa shape index (κ2) is 9.26. The summed E-state index contributed by atoms with van der Waals surface area (Å²) in [4.78, 5) is 28.3. The number of aromatic amines is 1. The minimum absolute atomic E-state index is 0.0132. The summed E-state index contributed by atoms with van der Waals surface area (Å²) in [5.74, 6) is -1.94. The highest BCUT2D eigenvalue weighted by Gasteiger charge is 2.30. The fourth-order valence-electron chi connectivity index (χ4n) is 3.90. The summed E-state index contributed by atoms with van der Waals surface area (Å²) in [5, 5.41) is 17.2. The van der Waals surface area contributed by atoms with Crippen LogP contribution >= 0.6 is 0 Å². The van der Waals surface area contributed by atoms with E-state index in [1.54, 1.807) is 18.3 Å². The predicted molar refractivity (Wildman–Crippen MR) is 131 cm³/mol. The summed E-state index contributed by atoms with van der Waals surface area (Å²) >= 11 is 0. The first-order valence-electron chi connectivity index (χ1n) is 10.8. The average molecular weight is 496 g/mol. The molecule has 2 heterocycles. The Bertz CT molecular complexity index is 1500. The molecule has 0 aliphatic rings. The van der Waals surface area contributed by atoms with Crippen molar-refractivity contribution in [3.8, 4) is 0 Å². The lowest BCUT2D eigenvalue weighted by Crippen LogP contribution is -2.43. The first kappa shape index (κ1) is 24.0. The van der Waals surface area contributed by atoms with Crippen LogP contribution in [0.15, 0.2) is 65.8 Å². The normalized spacial score (nSPS) is 12.4. The van der Waals surface area contributed by atoms with Gasteiger partial charge in [0.15, 0.2) is 5.82 Å². The highest BCUT2D eigenvalue weighted by atomic mass is 32.2. The number of aryl methyl sites for hydroxylation is 2. The molecular formula is C24H25N5O5S. The molecule has 182 valence electrons. The van der Waals surface area contributed by atoms with Crippen LogP contribution in [0.25, 0.3) is 10.9 Å². The zero-order valence-corrected chi connectivity index (χ0v) is 20.2. The Morgan fingerprint density at radius 1 is 1.17 bits per heavy atom. The zero-order chi connectivity index (χ0) is 25.3. The van der Waals surface area contributed by atoms with Crippen LogP contribution in [-0.2, 0) is 28.3 Å². The van der Waals surface area contributed by atoms with E-state index in [-0.39, 0.29) is 22.7 Å². The number of benzene rings is 2. The van der Waals surface area contributed by atoms with E-state index in [2.05, 4.69) is 15.4 Å². The second-order valence-corrected chi connectivity index (χ2v) is 10.2. The molecule has 2 aromatic carbocycles. The van der Waals surface area contributed by atoms with Crippen molar-refractivity contribution in [3.63, 3.8) is 0 Å². The number of hydrogen-bond acceptors (Lipinski definition) is 5. The standard InChI is InChI=1S/C24H25N5O5S/c1-15-8-10-17(11-9-15)35(33,34)29(3)23-19(14-26-28(23)2)22(30)27-21(24(31)32)12-16-13-25-20-7-5-4-6-18(16)20/h4-11,13-14,21,25H,12H2,1-3H3,(H,27,30)(H,31,32). The number of fused-ring (bicyclic) bond motifs is 1. The van der Waals surface area contributed by atoms with Crippen LogP contribution in [0.4, 0.5) is 5.82 Å². The number of amides is 1. The van der Waals surface area contributed by atoms with Crippen molar-refractivity contribution >= 4 is 38.6 Å². The van der Waals surface area contributed by atoms with Gasteiger partial charge in [0.05, 0.1) is 11.1 Å². The molecule has 0 bridgehead atoms. The predicted octanol–water partition coefficient (Wildman–Crippen LogP) is 2.46. The Labute approximate surface area is 202 Å². The highest BCUT2D eigenvalue weighted by Crippen LogP contribution is 2.26. The van der Waals surface area contributed by atoms with Gasteiger partial charge in [0.2, 0.25) is 0 Å². The van der Waals surface area contributed by atoms with Crippen LogP contribution in [-0.4, -0.2) is 53.3 Å². The molecule has 0 fully saturated rings. The number of carboxylic acid groups (broad SMARTS) is 1. The third-order valence-corrected chi connectivity index (χ3v) is 7.59. The van der Waals surface area contributed by atoms with Crippen LogP contribution in [0.5, 0.6) is 0 Å². The number of carboxylic acids is 1. The summed E-state index contributed by atoms with van der Waals surface area (Å²) in [6, 6.07) is 12.5. The van der Waals surface area contributed by atoms with E-state index in [0.717, 1.165) is 26.3 Å². The SMILES string of the molecule is Cc1ccc(S(=O)(=O)N(C)c2c(C(=O)NC(Cc3c[nH]c4ccccc34)C(=O)O)cnn2C)cc1. The molecule has 0 saturated carbocycles. The molecular weight excluding hydrogens is 470 g/mol. The Balaban J connectivity index is 1.61. The smallest absolute Gasteiger partial charge is 0.326 e. The monoisotopic (exact) mass is 495 g/mol. The van der Waals surface area contributed by atoms with Crippen molar-refractivity contribution in [2.75, 3.05) is 11.4 Å². The number of anilines is 1. The number of carbonyl (C=O) groups excluding carboxylic acids is 1. The number of sulfonamides is 1. The van der Waals surface area contributed by atoms with Gasteiger partial charge in [-0.1, -0.05) is 35.9 Å². The van der Waals surface area contributed by atoms with Gasteiger partial charge in [-0.2, -0.15) is 5.10 Å². The van der Waals surface area contributed by atoms with Crippen molar-refractivity contribution in [1.29, 1.82) is 0 Å². The van der Waals surface area contributed by atoms with E-state index in [4.69, 9.17) is 0 Å².